The lowest BCUT2D eigenvalue weighted by atomic mass is 10.0. The summed E-state index contributed by atoms with van der Waals surface area (Å²) in [5.41, 5.74) is 0. The first-order chi connectivity index (χ1) is 8.83. The number of carbonyl (C=O) groups excluding carboxylic acids is 1. The molecule has 1 fully saturated rings. The largest absolute Gasteiger partial charge is 0.467 e. The van der Waals surface area contributed by atoms with Gasteiger partial charge in [-0.1, -0.05) is 12.2 Å². The fourth-order valence-corrected chi connectivity index (χ4v) is 2.58. The normalized spacial score (nSPS) is 22.3. The predicted octanol–water partition coefficient (Wildman–Crippen LogP) is 3.13. The zero-order valence-corrected chi connectivity index (χ0v) is 10.5. The Morgan fingerprint density at radius 2 is 2.28 bits per heavy atom. The number of allylic oxidation sites excluding steroid dienone is 2. The highest BCUT2D eigenvalue weighted by molar-refractivity contribution is 5.77. The van der Waals surface area contributed by atoms with E-state index in [1.807, 2.05) is 17.0 Å². The van der Waals surface area contributed by atoms with Crippen LogP contribution < -0.4 is 0 Å². The van der Waals surface area contributed by atoms with Crippen molar-refractivity contribution in [2.45, 2.75) is 44.7 Å². The Labute approximate surface area is 107 Å². The van der Waals surface area contributed by atoms with E-state index in [0.717, 1.165) is 31.4 Å². The molecule has 0 saturated heterocycles. The molecule has 1 atom stereocenters. The summed E-state index contributed by atoms with van der Waals surface area (Å²) in [4.78, 5) is 14.4. The first-order valence-electron chi connectivity index (χ1n) is 6.81. The maximum absolute atomic E-state index is 12.4. The van der Waals surface area contributed by atoms with Gasteiger partial charge in [-0.3, -0.25) is 4.79 Å². The average Bonchev–Trinajstić information content (AvgIpc) is 2.87. The first kappa shape index (κ1) is 11.6. The highest BCUT2D eigenvalue weighted by Crippen LogP contribution is 2.31. The molecule has 2 aliphatic carbocycles. The van der Waals surface area contributed by atoms with Crippen LogP contribution in [0, 0.1) is 5.92 Å². The van der Waals surface area contributed by atoms with E-state index in [-0.39, 0.29) is 5.91 Å². The van der Waals surface area contributed by atoms with E-state index in [1.54, 1.807) is 6.26 Å². The Bertz CT molecular complexity index is 431. The Hall–Kier alpha value is -1.51. The molecule has 1 aromatic heterocycles. The molecule has 0 aliphatic heterocycles. The van der Waals surface area contributed by atoms with Gasteiger partial charge in [-0.25, -0.2) is 0 Å². The zero-order chi connectivity index (χ0) is 12.4. The Balaban J connectivity index is 1.61. The zero-order valence-electron chi connectivity index (χ0n) is 10.5. The second-order valence-electron chi connectivity index (χ2n) is 5.30. The Morgan fingerprint density at radius 1 is 1.39 bits per heavy atom. The van der Waals surface area contributed by atoms with E-state index >= 15 is 0 Å². The molecule has 1 heterocycles. The van der Waals surface area contributed by atoms with Crippen LogP contribution in [-0.2, 0) is 11.3 Å². The van der Waals surface area contributed by atoms with Crippen molar-refractivity contribution >= 4 is 5.91 Å². The van der Waals surface area contributed by atoms with Crippen molar-refractivity contribution in [3.8, 4) is 0 Å². The van der Waals surface area contributed by atoms with Crippen LogP contribution in [0.15, 0.2) is 35.0 Å². The van der Waals surface area contributed by atoms with Crippen LogP contribution in [0.5, 0.6) is 0 Å². The van der Waals surface area contributed by atoms with Crippen molar-refractivity contribution in [2.75, 3.05) is 0 Å². The maximum atomic E-state index is 12.4. The number of hydrogen-bond acceptors (Lipinski definition) is 2. The number of hydrogen-bond donors (Lipinski definition) is 0. The first-order valence-corrected chi connectivity index (χ1v) is 6.81. The molecule has 0 radical (unpaired) electrons. The van der Waals surface area contributed by atoms with Gasteiger partial charge in [0.25, 0.3) is 0 Å². The third-order valence-electron chi connectivity index (χ3n) is 3.76. The molecule has 0 spiro atoms. The number of amides is 1. The summed E-state index contributed by atoms with van der Waals surface area (Å²) in [6.45, 7) is 0.632. The molecule has 0 aromatic carbocycles. The molecule has 1 saturated carbocycles. The molecule has 1 aromatic rings. The molecular weight excluding hydrogens is 226 g/mol. The van der Waals surface area contributed by atoms with Gasteiger partial charge in [-0.2, -0.15) is 0 Å². The lowest BCUT2D eigenvalue weighted by Gasteiger charge is -2.22. The minimum atomic E-state index is 0.283. The second kappa shape index (κ2) is 5.01. The van der Waals surface area contributed by atoms with Gasteiger partial charge in [0.1, 0.15) is 5.76 Å². The highest BCUT2D eigenvalue weighted by atomic mass is 16.3. The molecule has 0 N–H and O–H groups in total. The average molecular weight is 245 g/mol. The van der Waals surface area contributed by atoms with Crippen LogP contribution >= 0.6 is 0 Å². The molecule has 2 aliphatic rings. The molecule has 96 valence electrons. The monoisotopic (exact) mass is 245 g/mol. The van der Waals surface area contributed by atoms with Gasteiger partial charge in [-0.15, -0.1) is 0 Å². The predicted molar refractivity (Wildman–Crippen MR) is 68.8 cm³/mol. The van der Waals surface area contributed by atoms with Crippen LogP contribution in [0.2, 0.25) is 0 Å². The number of carbonyl (C=O) groups is 1. The number of rotatable bonds is 5. The molecule has 0 bridgehead atoms. The summed E-state index contributed by atoms with van der Waals surface area (Å²) in [6, 6.07) is 4.27. The third-order valence-corrected chi connectivity index (χ3v) is 3.76. The fraction of sp³-hybridized carbons (Fsp3) is 0.533. The summed E-state index contributed by atoms with van der Waals surface area (Å²) in [7, 11) is 0. The second-order valence-corrected chi connectivity index (χ2v) is 5.30. The Morgan fingerprint density at radius 3 is 2.89 bits per heavy atom. The lowest BCUT2D eigenvalue weighted by Crippen LogP contribution is -2.33. The van der Waals surface area contributed by atoms with Crippen molar-refractivity contribution in [2.24, 2.45) is 5.92 Å². The topological polar surface area (TPSA) is 33.5 Å². The van der Waals surface area contributed by atoms with Gasteiger partial charge >= 0.3 is 0 Å². The lowest BCUT2D eigenvalue weighted by molar-refractivity contribution is -0.133. The van der Waals surface area contributed by atoms with Crippen LogP contribution in [0.3, 0.4) is 0 Å². The Kier molecular flexibility index (Phi) is 3.22. The number of furan rings is 1. The van der Waals surface area contributed by atoms with E-state index in [2.05, 4.69) is 12.2 Å². The summed E-state index contributed by atoms with van der Waals surface area (Å²) in [5.74, 6) is 1.62. The standard InChI is InChI=1S/C15H19NO2/c17-15(10-12-4-1-2-5-12)16(13-7-8-13)11-14-6-3-9-18-14/h1,3-4,6,9,12-13H,2,5,7-8,10-11H2. The van der Waals surface area contributed by atoms with Gasteiger partial charge in [0, 0.05) is 12.5 Å². The van der Waals surface area contributed by atoms with Crippen LogP contribution in [-0.4, -0.2) is 16.8 Å². The maximum Gasteiger partial charge on any atom is 0.223 e. The molecular formula is C15H19NO2. The summed E-state index contributed by atoms with van der Waals surface area (Å²) < 4.78 is 5.35. The van der Waals surface area contributed by atoms with E-state index in [1.165, 1.54) is 0 Å². The van der Waals surface area contributed by atoms with Crippen LogP contribution in [0.1, 0.15) is 37.9 Å². The van der Waals surface area contributed by atoms with Crippen molar-refractivity contribution in [1.82, 2.24) is 4.90 Å². The SMILES string of the molecule is O=C(CC1C=CCC1)N(Cc1ccco1)C1CC1. The summed E-state index contributed by atoms with van der Waals surface area (Å²) in [6.07, 6.45) is 11.3. The van der Waals surface area contributed by atoms with Crippen LogP contribution in [0.4, 0.5) is 0 Å². The molecule has 3 heteroatoms. The molecule has 3 rings (SSSR count). The summed E-state index contributed by atoms with van der Waals surface area (Å²) in [5, 5.41) is 0. The molecule has 18 heavy (non-hydrogen) atoms. The molecule has 1 unspecified atom stereocenters. The van der Waals surface area contributed by atoms with E-state index in [9.17, 15) is 4.79 Å². The quantitative estimate of drug-likeness (QED) is 0.747. The molecule has 1 amide bonds. The third kappa shape index (κ3) is 2.66. The van der Waals surface area contributed by atoms with Crippen molar-refractivity contribution in [1.29, 1.82) is 0 Å². The minimum absolute atomic E-state index is 0.283. The number of nitrogens with zero attached hydrogens (tertiary/aromatic N) is 1. The smallest absolute Gasteiger partial charge is 0.223 e. The summed E-state index contributed by atoms with van der Waals surface area (Å²) >= 11 is 0. The van der Waals surface area contributed by atoms with E-state index in [4.69, 9.17) is 4.42 Å². The van der Waals surface area contributed by atoms with E-state index in [0.29, 0.717) is 24.9 Å². The van der Waals surface area contributed by atoms with Crippen LogP contribution in [0.25, 0.3) is 0 Å². The van der Waals surface area contributed by atoms with Gasteiger partial charge in [-0.05, 0) is 43.7 Å². The minimum Gasteiger partial charge on any atom is -0.467 e. The van der Waals surface area contributed by atoms with Gasteiger partial charge in [0.05, 0.1) is 12.8 Å². The van der Waals surface area contributed by atoms with Crippen molar-refractivity contribution in [3.05, 3.63) is 36.3 Å². The van der Waals surface area contributed by atoms with Crippen molar-refractivity contribution in [3.63, 3.8) is 0 Å². The van der Waals surface area contributed by atoms with Crippen molar-refractivity contribution < 1.29 is 9.21 Å². The molecule has 3 nitrogen and oxygen atoms in total. The fourth-order valence-electron chi connectivity index (χ4n) is 2.58. The van der Waals surface area contributed by atoms with Gasteiger partial charge in [0.15, 0.2) is 0 Å². The van der Waals surface area contributed by atoms with Gasteiger partial charge in [0.2, 0.25) is 5.91 Å². The highest BCUT2D eigenvalue weighted by Gasteiger charge is 2.33. The van der Waals surface area contributed by atoms with E-state index < -0.39 is 0 Å². The van der Waals surface area contributed by atoms with Gasteiger partial charge < -0.3 is 9.32 Å².